The fraction of sp³-hybridized carbons (Fsp3) is 0.636. The quantitative estimate of drug-likeness (QED) is 0.798. The van der Waals surface area contributed by atoms with Crippen molar-refractivity contribution in [3.63, 3.8) is 0 Å². The second-order valence-electron chi connectivity index (χ2n) is 4.76. The van der Waals surface area contributed by atoms with E-state index in [2.05, 4.69) is 17.3 Å². The number of nitrogens with zero attached hydrogens (tertiary/aromatic N) is 2. The fourth-order valence-electron chi connectivity index (χ4n) is 1.66. The van der Waals surface area contributed by atoms with Crippen LogP contribution in [0.15, 0.2) is 6.20 Å². The molecule has 1 aromatic heterocycles. The standard InChI is InChI=1S/C11H18N4O/c1-3-15-9(8(12)6-14-15)10(16)13-7-11(2)4-5-11/h6H,3-5,7,12H2,1-2H3,(H,13,16). The Hall–Kier alpha value is -1.52. The number of hydrogen-bond acceptors (Lipinski definition) is 3. The highest BCUT2D eigenvalue weighted by atomic mass is 16.2. The Kier molecular flexibility index (Phi) is 2.61. The maximum Gasteiger partial charge on any atom is 0.271 e. The Morgan fingerprint density at radius 2 is 2.38 bits per heavy atom. The van der Waals surface area contributed by atoms with Crippen LogP contribution in [0.4, 0.5) is 5.69 Å². The summed E-state index contributed by atoms with van der Waals surface area (Å²) in [5.74, 6) is -0.120. The van der Waals surface area contributed by atoms with Gasteiger partial charge in [-0.2, -0.15) is 5.10 Å². The van der Waals surface area contributed by atoms with Crippen LogP contribution in [0.25, 0.3) is 0 Å². The lowest BCUT2D eigenvalue weighted by atomic mass is 10.1. The highest BCUT2D eigenvalue weighted by molar-refractivity contribution is 5.97. The first-order chi connectivity index (χ1) is 7.56. The van der Waals surface area contributed by atoms with Gasteiger partial charge >= 0.3 is 0 Å². The predicted molar refractivity (Wildman–Crippen MR) is 62.0 cm³/mol. The number of amides is 1. The number of nitrogens with two attached hydrogens (primary N) is 1. The minimum Gasteiger partial charge on any atom is -0.396 e. The highest BCUT2D eigenvalue weighted by Gasteiger charge is 2.37. The average molecular weight is 222 g/mol. The van der Waals surface area contributed by atoms with E-state index >= 15 is 0 Å². The van der Waals surface area contributed by atoms with Crippen LogP contribution in [-0.4, -0.2) is 22.2 Å². The molecule has 1 fully saturated rings. The number of nitrogen functional groups attached to an aromatic ring is 1. The molecular formula is C11H18N4O. The van der Waals surface area contributed by atoms with Crippen LogP contribution in [0.3, 0.4) is 0 Å². The van der Waals surface area contributed by atoms with Gasteiger partial charge in [-0.1, -0.05) is 6.92 Å². The normalized spacial score (nSPS) is 17.1. The molecule has 1 saturated carbocycles. The van der Waals surface area contributed by atoms with E-state index in [1.807, 2.05) is 6.92 Å². The van der Waals surface area contributed by atoms with Gasteiger partial charge in [-0.05, 0) is 25.2 Å². The molecule has 0 spiro atoms. The van der Waals surface area contributed by atoms with Gasteiger partial charge in [0.05, 0.1) is 11.9 Å². The van der Waals surface area contributed by atoms with Gasteiger partial charge in [-0.15, -0.1) is 0 Å². The number of hydrogen-bond donors (Lipinski definition) is 2. The molecule has 1 aliphatic rings. The molecule has 1 aromatic rings. The molecule has 88 valence electrons. The minimum atomic E-state index is -0.120. The number of nitrogens with one attached hydrogen (secondary N) is 1. The van der Waals surface area contributed by atoms with Crippen molar-refractivity contribution in [3.05, 3.63) is 11.9 Å². The van der Waals surface area contributed by atoms with E-state index in [0.29, 0.717) is 23.3 Å². The van der Waals surface area contributed by atoms with E-state index in [-0.39, 0.29) is 5.91 Å². The zero-order valence-electron chi connectivity index (χ0n) is 9.79. The SMILES string of the molecule is CCn1ncc(N)c1C(=O)NCC1(C)CC1. The largest absolute Gasteiger partial charge is 0.396 e. The van der Waals surface area contributed by atoms with Gasteiger partial charge in [0.15, 0.2) is 0 Å². The maximum absolute atomic E-state index is 11.9. The first kappa shape index (κ1) is 11.0. The van der Waals surface area contributed by atoms with E-state index in [0.717, 1.165) is 6.54 Å². The van der Waals surface area contributed by atoms with Crippen LogP contribution in [-0.2, 0) is 6.54 Å². The Balaban J connectivity index is 2.04. The van der Waals surface area contributed by atoms with Gasteiger partial charge in [-0.25, -0.2) is 0 Å². The third kappa shape index (κ3) is 2.03. The van der Waals surface area contributed by atoms with Crippen LogP contribution < -0.4 is 11.1 Å². The molecule has 0 atom stereocenters. The first-order valence-corrected chi connectivity index (χ1v) is 5.65. The van der Waals surface area contributed by atoms with E-state index < -0.39 is 0 Å². The lowest BCUT2D eigenvalue weighted by Gasteiger charge is -2.11. The van der Waals surface area contributed by atoms with Crippen molar-refractivity contribution in [2.75, 3.05) is 12.3 Å². The molecule has 0 saturated heterocycles. The maximum atomic E-state index is 11.9. The van der Waals surface area contributed by atoms with Crippen molar-refractivity contribution in [2.24, 2.45) is 5.41 Å². The molecule has 3 N–H and O–H groups in total. The van der Waals surface area contributed by atoms with E-state index in [1.54, 1.807) is 4.68 Å². The number of aromatic nitrogens is 2. The summed E-state index contributed by atoms with van der Waals surface area (Å²) in [7, 11) is 0. The summed E-state index contributed by atoms with van der Waals surface area (Å²) < 4.78 is 1.62. The van der Waals surface area contributed by atoms with Gasteiger partial charge in [-0.3, -0.25) is 9.48 Å². The lowest BCUT2D eigenvalue weighted by molar-refractivity contribution is 0.0936. The second-order valence-corrected chi connectivity index (χ2v) is 4.76. The zero-order chi connectivity index (χ0) is 11.8. The van der Waals surface area contributed by atoms with E-state index in [4.69, 9.17) is 5.73 Å². The Labute approximate surface area is 95.0 Å². The van der Waals surface area contributed by atoms with Gasteiger partial charge < -0.3 is 11.1 Å². The highest BCUT2D eigenvalue weighted by Crippen LogP contribution is 2.44. The lowest BCUT2D eigenvalue weighted by Crippen LogP contribution is -2.31. The van der Waals surface area contributed by atoms with Crippen LogP contribution in [0, 0.1) is 5.41 Å². The van der Waals surface area contributed by atoms with Gasteiger partial charge in [0.25, 0.3) is 5.91 Å². The van der Waals surface area contributed by atoms with Gasteiger partial charge in [0, 0.05) is 13.1 Å². The minimum absolute atomic E-state index is 0.120. The number of carbonyl (C=O) groups excluding carboxylic acids is 1. The summed E-state index contributed by atoms with van der Waals surface area (Å²) in [6.07, 6.45) is 3.91. The molecule has 1 aliphatic carbocycles. The van der Waals surface area contributed by atoms with Crippen molar-refractivity contribution >= 4 is 11.6 Å². The molecule has 0 aliphatic heterocycles. The number of rotatable bonds is 4. The molecule has 1 amide bonds. The van der Waals surface area contributed by atoms with Crippen LogP contribution in [0.2, 0.25) is 0 Å². The van der Waals surface area contributed by atoms with Crippen molar-refractivity contribution in [2.45, 2.75) is 33.2 Å². The van der Waals surface area contributed by atoms with Crippen molar-refractivity contribution in [1.29, 1.82) is 0 Å². The van der Waals surface area contributed by atoms with E-state index in [1.165, 1.54) is 19.0 Å². The van der Waals surface area contributed by atoms with Crippen molar-refractivity contribution in [3.8, 4) is 0 Å². The smallest absolute Gasteiger partial charge is 0.271 e. The van der Waals surface area contributed by atoms with Crippen LogP contribution in [0.5, 0.6) is 0 Å². The Morgan fingerprint density at radius 3 is 2.94 bits per heavy atom. The van der Waals surface area contributed by atoms with Crippen LogP contribution >= 0.6 is 0 Å². The molecular weight excluding hydrogens is 204 g/mol. The van der Waals surface area contributed by atoms with Gasteiger partial charge in [0.2, 0.25) is 0 Å². The summed E-state index contributed by atoms with van der Waals surface area (Å²) in [5.41, 5.74) is 6.96. The molecule has 0 unspecified atom stereocenters. The summed E-state index contributed by atoms with van der Waals surface area (Å²) in [6, 6.07) is 0. The molecule has 5 nitrogen and oxygen atoms in total. The summed E-state index contributed by atoms with van der Waals surface area (Å²) in [5, 5.41) is 6.97. The molecule has 0 aromatic carbocycles. The third-order valence-electron chi connectivity index (χ3n) is 3.16. The Bertz CT molecular complexity index is 406. The molecule has 5 heteroatoms. The number of anilines is 1. The molecule has 0 bridgehead atoms. The summed E-state index contributed by atoms with van der Waals surface area (Å²) >= 11 is 0. The van der Waals surface area contributed by atoms with Crippen molar-refractivity contribution in [1.82, 2.24) is 15.1 Å². The summed E-state index contributed by atoms with van der Waals surface area (Å²) in [6.45, 7) is 5.48. The second kappa shape index (κ2) is 3.81. The molecule has 0 radical (unpaired) electrons. The van der Waals surface area contributed by atoms with E-state index in [9.17, 15) is 4.79 Å². The monoisotopic (exact) mass is 222 g/mol. The Morgan fingerprint density at radius 1 is 1.69 bits per heavy atom. The molecule has 2 rings (SSSR count). The fourth-order valence-corrected chi connectivity index (χ4v) is 1.66. The number of aryl methyl sites for hydroxylation is 1. The van der Waals surface area contributed by atoms with Crippen LogP contribution in [0.1, 0.15) is 37.2 Å². The first-order valence-electron chi connectivity index (χ1n) is 5.65. The predicted octanol–water partition coefficient (Wildman–Crippen LogP) is 1.02. The third-order valence-corrected chi connectivity index (χ3v) is 3.16. The van der Waals surface area contributed by atoms with Gasteiger partial charge in [0.1, 0.15) is 5.69 Å². The number of carbonyl (C=O) groups is 1. The molecule has 16 heavy (non-hydrogen) atoms. The molecule has 1 heterocycles. The zero-order valence-corrected chi connectivity index (χ0v) is 9.79. The average Bonchev–Trinajstić information content (AvgIpc) is 2.87. The summed E-state index contributed by atoms with van der Waals surface area (Å²) in [4.78, 5) is 11.9. The van der Waals surface area contributed by atoms with Crippen molar-refractivity contribution < 1.29 is 4.79 Å². The topological polar surface area (TPSA) is 72.9 Å².